The minimum Gasteiger partial charge on any atom is -0.369 e. The van der Waals surface area contributed by atoms with Crippen LogP contribution < -0.4 is 10.2 Å². The van der Waals surface area contributed by atoms with E-state index in [9.17, 15) is 4.79 Å². The lowest BCUT2D eigenvalue weighted by Crippen LogP contribution is -2.53. The largest absolute Gasteiger partial charge is 0.369 e. The molecule has 1 amide bonds. The molecule has 0 aromatic heterocycles. The minimum atomic E-state index is 0.0322. The Hall–Kier alpha value is -1.39. The number of nitrogens with one attached hydrogen (secondary N) is 1. The number of aryl methyl sites for hydroxylation is 2. The quantitative estimate of drug-likeness (QED) is 0.875. The SMILES string of the molecule is CNCC1COCC(=O)N1c1ccc(C)c(C)c1. The Balaban J connectivity index is 2.31. The van der Waals surface area contributed by atoms with Crippen molar-refractivity contribution in [2.75, 3.05) is 31.7 Å². The van der Waals surface area contributed by atoms with Gasteiger partial charge in [0, 0.05) is 12.2 Å². The number of hydrogen-bond donors (Lipinski definition) is 1. The third kappa shape index (κ3) is 2.54. The molecule has 0 aliphatic carbocycles. The fourth-order valence-electron chi connectivity index (χ4n) is 2.25. The molecule has 0 radical (unpaired) electrons. The number of rotatable bonds is 3. The second-order valence-electron chi connectivity index (χ2n) is 4.76. The molecular formula is C14H20N2O2. The molecule has 1 fully saturated rings. The fraction of sp³-hybridized carbons (Fsp3) is 0.500. The number of hydrogen-bond acceptors (Lipinski definition) is 3. The third-order valence-electron chi connectivity index (χ3n) is 3.38. The predicted molar refractivity (Wildman–Crippen MR) is 71.9 cm³/mol. The maximum absolute atomic E-state index is 12.0. The summed E-state index contributed by atoms with van der Waals surface area (Å²) in [6, 6.07) is 6.21. The zero-order chi connectivity index (χ0) is 13.1. The van der Waals surface area contributed by atoms with E-state index in [-0.39, 0.29) is 18.6 Å². The van der Waals surface area contributed by atoms with Crippen molar-refractivity contribution >= 4 is 11.6 Å². The van der Waals surface area contributed by atoms with Gasteiger partial charge in [-0.2, -0.15) is 0 Å². The van der Waals surface area contributed by atoms with E-state index in [1.54, 1.807) is 0 Å². The van der Waals surface area contributed by atoms with Gasteiger partial charge in [-0.05, 0) is 44.2 Å². The molecule has 1 aromatic carbocycles. The van der Waals surface area contributed by atoms with Crippen LogP contribution in [0.25, 0.3) is 0 Å². The summed E-state index contributed by atoms with van der Waals surface area (Å²) in [6.07, 6.45) is 0. The average Bonchev–Trinajstić information content (AvgIpc) is 2.34. The highest BCUT2D eigenvalue weighted by Gasteiger charge is 2.29. The molecule has 1 aliphatic rings. The van der Waals surface area contributed by atoms with Gasteiger partial charge in [-0.1, -0.05) is 6.07 Å². The van der Waals surface area contributed by atoms with E-state index >= 15 is 0 Å². The van der Waals surface area contributed by atoms with E-state index < -0.39 is 0 Å². The van der Waals surface area contributed by atoms with Crippen molar-refractivity contribution in [2.24, 2.45) is 0 Å². The number of amides is 1. The van der Waals surface area contributed by atoms with Crippen LogP contribution in [-0.2, 0) is 9.53 Å². The molecule has 2 rings (SSSR count). The van der Waals surface area contributed by atoms with E-state index in [0.717, 1.165) is 12.2 Å². The van der Waals surface area contributed by atoms with Gasteiger partial charge in [0.2, 0.25) is 0 Å². The van der Waals surface area contributed by atoms with Gasteiger partial charge < -0.3 is 15.0 Å². The zero-order valence-corrected chi connectivity index (χ0v) is 11.2. The molecular weight excluding hydrogens is 228 g/mol. The highest BCUT2D eigenvalue weighted by atomic mass is 16.5. The van der Waals surface area contributed by atoms with Crippen LogP contribution in [0.2, 0.25) is 0 Å². The lowest BCUT2D eigenvalue weighted by atomic mass is 10.1. The summed E-state index contributed by atoms with van der Waals surface area (Å²) >= 11 is 0. The smallest absolute Gasteiger partial charge is 0.253 e. The summed E-state index contributed by atoms with van der Waals surface area (Å²) in [4.78, 5) is 13.9. The first-order chi connectivity index (χ1) is 8.63. The van der Waals surface area contributed by atoms with Gasteiger partial charge in [0.05, 0.1) is 12.6 Å². The number of anilines is 1. The van der Waals surface area contributed by atoms with Crippen molar-refractivity contribution in [3.63, 3.8) is 0 Å². The van der Waals surface area contributed by atoms with Crippen molar-refractivity contribution in [1.29, 1.82) is 0 Å². The molecule has 1 N–H and O–H groups in total. The van der Waals surface area contributed by atoms with Crippen LogP contribution >= 0.6 is 0 Å². The molecule has 4 nitrogen and oxygen atoms in total. The van der Waals surface area contributed by atoms with Crippen LogP contribution in [0.4, 0.5) is 5.69 Å². The lowest BCUT2D eigenvalue weighted by molar-refractivity contribution is -0.127. The predicted octanol–water partition coefficient (Wildman–Crippen LogP) is 1.25. The summed E-state index contributed by atoms with van der Waals surface area (Å²) in [5.74, 6) is 0.0322. The topological polar surface area (TPSA) is 41.6 Å². The first kappa shape index (κ1) is 13.1. The second kappa shape index (κ2) is 5.50. The Labute approximate surface area is 108 Å². The van der Waals surface area contributed by atoms with Crippen molar-refractivity contribution in [2.45, 2.75) is 19.9 Å². The van der Waals surface area contributed by atoms with Gasteiger partial charge in [-0.25, -0.2) is 0 Å². The van der Waals surface area contributed by atoms with Gasteiger partial charge in [0.1, 0.15) is 6.61 Å². The van der Waals surface area contributed by atoms with E-state index in [2.05, 4.69) is 31.3 Å². The Morgan fingerprint density at radius 2 is 2.17 bits per heavy atom. The Morgan fingerprint density at radius 3 is 2.83 bits per heavy atom. The molecule has 1 saturated heterocycles. The molecule has 98 valence electrons. The van der Waals surface area contributed by atoms with E-state index in [1.807, 2.05) is 18.0 Å². The fourth-order valence-corrected chi connectivity index (χ4v) is 2.25. The highest BCUT2D eigenvalue weighted by Crippen LogP contribution is 2.23. The van der Waals surface area contributed by atoms with Crippen LogP contribution in [-0.4, -0.2) is 38.8 Å². The monoisotopic (exact) mass is 248 g/mol. The molecule has 1 atom stereocenters. The van der Waals surface area contributed by atoms with Crippen LogP contribution in [0.15, 0.2) is 18.2 Å². The number of carbonyl (C=O) groups is 1. The number of benzene rings is 1. The summed E-state index contributed by atoms with van der Waals surface area (Å²) in [6.45, 7) is 5.63. The summed E-state index contributed by atoms with van der Waals surface area (Å²) < 4.78 is 5.32. The second-order valence-corrected chi connectivity index (χ2v) is 4.76. The Bertz CT molecular complexity index is 443. The maximum Gasteiger partial charge on any atom is 0.253 e. The summed E-state index contributed by atoms with van der Waals surface area (Å²) in [5, 5.41) is 3.11. The number of nitrogens with zero attached hydrogens (tertiary/aromatic N) is 1. The molecule has 0 spiro atoms. The number of ether oxygens (including phenoxy) is 1. The molecule has 1 unspecified atom stereocenters. The van der Waals surface area contributed by atoms with Gasteiger partial charge >= 0.3 is 0 Å². The maximum atomic E-state index is 12.0. The standard InChI is InChI=1S/C14H20N2O2/c1-10-4-5-12(6-11(10)2)16-13(7-15-3)8-18-9-14(16)17/h4-6,13,15H,7-9H2,1-3H3. The van der Waals surface area contributed by atoms with E-state index in [0.29, 0.717) is 6.61 Å². The minimum absolute atomic E-state index is 0.0322. The molecule has 18 heavy (non-hydrogen) atoms. The molecule has 4 heteroatoms. The zero-order valence-electron chi connectivity index (χ0n) is 11.2. The van der Waals surface area contributed by atoms with Crippen molar-refractivity contribution in [3.05, 3.63) is 29.3 Å². The lowest BCUT2D eigenvalue weighted by Gasteiger charge is -2.35. The molecule has 1 aliphatic heterocycles. The Kier molecular flexibility index (Phi) is 3.99. The van der Waals surface area contributed by atoms with Crippen LogP contribution in [0, 0.1) is 13.8 Å². The third-order valence-corrected chi connectivity index (χ3v) is 3.38. The van der Waals surface area contributed by atoms with Crippen molar-refractivity contribution < 1.29 is 9.53 Å². The normalized spacial score (nSPS) is 20.3. The van der Waals surface area contributed by atoms with Gasteiger partial charge in [0.15, 0.2) is 0 Å². The molecule has 1 heterocycles. The van der Waals surface area contributed by atoms with Crippen LogP contribution in [0.3, 0.4) is 0 Å². The van der Waals surface area contributed by atoms with Crippen LogP contribution in [0.5, 0.6) is 0 Å². The highest BCUT2D eigenvalue weighted by molar-refractivity contribution is 5.95. The average molecular weight is 248 g/mol. The Morgan fingerprint density at radius 1 is 1.39 bits per heavy atom. The van der Waals surface area contributed by atoms with Crippen LogP contribution in [0.1, 0.15) is 11.1 Å². The summed E-state index contributed by atoms with van der Waals surface area (Å²) in [7, 11) is 1.89. The molecule has 1 aromatic rings. The summed E-state index contributed by atoms with van der Waals surface area (Å²) in [5.41, 5.74) is 3.41. The first-order valence-electron chi connectivity index (χ1n) is 6.25. The van der Waals surface area contributed by atoms with Crippen molar-refractivity contribution in [3.8, 4) is 0 Å². The first-order valence-corrected chi connectivity index (χ1v) is 6.25. The molecule has 0 bridgehead atoms. The molecule has 0 saturated carbocycles. The number of carbonyl (C=O) groups excluding carboxylic acids is 1. The van der Waals surface area contributed by atoms with E-state index in [4.69, 9.17) is 4.74 Å². The van der Waals surface area contributed by atoms with Crippen molar-refractivity contribution in [1.82, 2.24) is 5.32 Å². The van der Waals surface area contributed by atoms with Gasteiger partial charge in [-0.15, -0.1) is 0 Å². The van der Waals surface area contributed by atoms with Gasteiger partial charge in [-0.3, -0.25) is 4.79 Å². The number of likely N-dealkylation sites (N-methyl/N-ethyl adjacent to an activating group) is 1. The van der Waals surface area contributed by atoms with Gasteiger partial charge in [0.25, 0.3) is 5.91 Å². The number of morpholine rings is 1. The van der Waals surface area contributed by atoms with E-state index in [1.165, 1.54) is 11.1 Å².